The monoisotopic (exact) mass is 243 g/mol. The molecular formula is C9H13N3O3S. The number of nitro groups is 1. The lowest BCUT2D eigenvalue weighted by molar-refractivity contribution is -0.380. The van der Waals surface area contributed by atoms with Gasteiger partial charge in [-0.05, 0) is 5.56 Å². The summed E-state index contributed by atoms with van der Waals surface area (Å²) in [6, 6.07) is 1.54. The van der Waals surface area contributed by atoms with Crippen LogP contribution in [0.1, 0.15) is 12.0 Å². The van der Waals surface area contributed by atoms with Crippen LogP contribution in [0.15, 0.2) is 11.4 Å². The van der Waals surface area contributed by atoms with Crippen LogP contribution in [0.25, 0.3) is 0 Å². The average Bonchev–Trinajstić information content (AvgIpc) is 2.72. The molecule has 0 saturated carbocycles. The van der Waals surface area contributed by atoms with Gasteiger partial charge in [0, 0.05) is 38.0 Å². The van der Waals surface area contributed by atoms with Gasteiger partial charge in [-0.2, -0.15) is 0 Å². The SMILES string of the molecule is CNC(=O)CCNCc1csc([N+](=O)[O-])c1. The molecule has 1 aromatic heterocycles. The molecule has 0 spiro atoms. The van der Waals surface area contributed by atoms with Crippen LogP contribution in [0.5, 0.6) is 0 Å². The van der Waals surface area contributed by atoms with Crippen LogP contribution in [0.4, 0.5) is 5.00 Å². The number of hydrogen-bond acceptors (Lipinski definition) is 5. The third-order valence-corrected chi connectivity index (χ3v) is 2.89. The molecule has 2 N–H and O–H groups in total. The second-order valence-corrected chi connectivity index (χ2v) is 4.04. The van der Waals surface area contributed by atoms with Crippen LogP contribution in [0.3, 0.4) is 0 Å². The summed E-state index contributed by atoms with van der Waals surface area (Å²) in [5.41, 5.74) is 0.869. The van der Waals surface area contributed by atoms with Crippen molar-refractivity contribution in [3.05, 3.63) is 27.1 Å². The molecule has 7 heteroatoms. The minimum Gasteiger partial charge on any atom is -0.359 e. The fraction of sp³-hybridized carbons (Fsp3) is 0.444. The lowest BCUT2D eigenvalue weighted by Crippen LogP contribution is -2.24. The summed E-state index contributed by atoms with van der Waals surface area (Å²) in [5, 5.41) is 17.9. The van der Waals surface area contributed by atoms with E-state index in [1.165, 1.54) is 6.07 Å². The van der Waals surface area contributed by atoms with E-state index in [1.807, 2.05) is 0 Å². The highest BCUT2D eigenvalue weighted by atomic mass is 32.1. The molecule has 0 saturated heterocycles. The molecule has 88 valence electrons. The predicted octanol–water partition coefficient (Wildman–Crippen LogP) is 0.882. The molecule has 1 heterocycles. The summed E-state index contributed by atoms with van der Waals surface area (Å²) < 4.78 is 0. The molecule has 1 amide bonds. The third-order valence-electron chi connectivity index (χ3n) is 1.96. The number of rotatable bonds is 6. The van der Waals surface area contributed by atoms with Gasteiger partial charge < -0.3 is 10.6 Å². The van der Waals surface area contributed by atoms with Gasteiger partial charge in [-0.15, -0.1) is 0 Å². The number of carbonyl (C=O) groups is 1. The van der Waals surface area contributed by atoms with Crippen molar-refractivity contribution < 1.29 is 9.72 Å². The summed E-state index contributed by atoms with van der Waals surface area (Å²) in [6.07, 6.45) is 0.405. The van der Waals surface area contributed by atoms with Crippen LogP contribution < -0.4 is 10.6 Å². The van der Waals surface area contributed by atoms with E-state index in [1.54, 1.807) is 12.4 Å². The van der Waals surface area contributed by atoms with E-state index < -0.39 is 4.92 Å². The van der Waals surface area contributed by atoms with Crippen LogP contribution in [-0.4, -0.2) is 24.4 Å². The number of thiophene rings is 1. The van der Waals surface area contributed by atoms with Crippen LogP contribution in [0, 0.1) is 10.1 Å². The largest absolute Gasteiger partial charge is 0.359 e. The van der Waals surface area contributed by atoms with E-state index in [0.29, 0.717) is 19.5 Å². The van der Waals surface area contributed by atoms with Crippen LogP contribution in [0.2, 0.25) is 0 Å². The van der Waals surface area contributed by atoms with Crippen molar-refractivity contribution in [3.8, 4) is 0 Å². The van der Waals surface area contributed by atoms with E-state index in [0.717, 1.165) is 16.9 Å². The smallest absolute Gasteiger partial charge is 0.324 e. The summed E-state index contributed by atoms with van der Waals surface area (Å²) in [6.45, 7) is 1.10. The van der Waals surface area contributed by atoms with E-state index in [2.05, 4.69) is 10.6 Å². The van der Waals surface area contributed by atoms with Crippen molar-refractivity contribution >= 4 is 22.2 Å². The second kappa shape index (κ2) is 6.19. The lowest BCUT2D eigenvalue weighted by atomic mass is 10.3. The molecule has 0 bridgehead atoms. The lowest BCUT2D eigenvalue weighted by Gasteiger charge is -2.01. The van der Waals surface area contributed by atoms with Crippen molar-refractivity contribution in [2.24, 2.45) is 0 Å². The molecule has 0 fully saturated rings. The van der Waals surface area contributed by atoms with Crippen LogP contribution in [-0.2, 0) is 11.3 Å². The third kappa shape index (κ3) is 3.95. The first-order chi connectivity index (χ1) is 7.63. The molecule has 6 nitrogen and oxygen atoms in total. The van der Waals surface area contributed by atoms with Gasteiger partial charge in [-0.25, -0.2) is 0 Å². The zero-order valence-electron chi connectivity index (χ0n) is 8.86. The van der Waals surface area contributed by atoms with E-state index >= 15 is 0 Å². The van der Waals surface area contributed by atoms with Gasteiger partial charge in [0.05, 0.1) is 4.92 Å². The maximum absolute atomic E-state index is 10.9. The summed E-state index contributed by atoms with van der Waals surface area (Å²) >= 11 is 1.11. The molecule has 0 radical (unpaired) electrons. The Labute approximate surface area is 96.8 Å². The Morgan fingerprint density at radius 1 is 1.62 bits per heavy atom. The predicted molar refractivity (Wildman–Crippen MR) is 61.4 cm³/mol. The number of nitrogens with zero attached hydrogens (tertiary/aromatic N) is 1. The quantitative estimate of drug-likeness (QED) is 0.441. The topological polar surface area (TPSA) is 84.3 Å². The first-order valence-electron chi connectivity index (χ1n) is 4.76. The minimum absolute atomic E-state index is 0.0243. The Morgan fingerprint density at radius 2 is 2.38 bits per heavy atom. The highest BCUT2D eigenvalue weighted by molar-refractivity contribution is 7.13. The second-order valence-electron chi connectivity index (χ2n) is 3.15. The maximum atomic E-state index is 10.9. The average molecular weight is 243 g/mol. The van der Waals surface area contributed by atoms with Crippen molar-refractivity contribution in [3.63, 3.8) is 0 Å². The zero-order chi connectivity index (χ0) is 12.0. The molecule has 0 aliphatic carbocycles. The molecule has 0 aliphatic rings. The molecule has 16 heavy (non-hydrogen) atoms. The standard InChI is InChI=1S/C9H13N3O3S/c1-10-8(13)2-3-11-5-7-4-9(12(14)15)16-6-7/h4,6,11H,2-3,5H2,1H3,(H,10,13). The van der Waals surface area contributed by atoms with Gasteiger partial charge in [-0.3, -0.25) is 14.9 Å². The zero-order valence-corrected chi connectivity index (χ0v) is 9.67. The Bertz CT molecular complexity index is 378. The minimum atomic E-state index is -0.404. The van der Waals surface area contributed by atoms with Gasteiger partial charge >= 0.3 is 5.00 Å². The van der Waals surface area contributed by atoms with Crippen molar-refractivity contribution in [2.45, 2.75) is 13.0 Å². The first-order valence-corrected chi connectivity index (χ1v) is 5.64. The van der Waals surface area contributed by atoms with Gasteiger partial charge in [0.15, 0.2) is 0 Å². The number of amides is 1. The Morgan fingerprint density at radius 3 is 2.94 bits per heavy atom. The van der Waals surface area contributed by atoms with E-state index in [9.17, 15) is 14.9 Å². The molecule has 0 unspecified atom stereocenters. The van der Waals surface area contributed by atoms with Crippen molar-refractivity contribution in [1.82, 2.24) is 10.6 Å². The summed E-state index contributed by atoms with van der Waals surface area (Å²) in [4.78, 5) is 20.9. The molecule has 1 rings (SSSR count). The van der Waals surface area contributed by atoms with Gasteiger partial charge in [0.1, 0.15) is 0 Å². The Kier molecular flexibility index (Phi) is 4.87. The number of nitrogens with one attached hydrogen (secondary N) is 2. The summed E-state index contributed by atoms with van der Waals surface area (Å²) in [7, 11) is 1.59. The molecule has 0 atom stereocenters. The molecule has 0 aromatic carbocycles. The Hall–Kier alpha value is -1.47. The maximum Gasteiger partial charge on any atom is 0.324 e. The highest BCUT2D eigenvalue weighted by Crippen LogP contribution is 2.22. The molecule has 0 aliphatic heterocycles. The molecule has 1 aromatic rings. The van der Waals surface area contributed by atoms with Crippen molar-refractivity contribution in [2.75, 3.05) is 13.6 Å². The van der Waals surface area contributed by atoms with Crippen molar-refractivity contribution in [1.29, 1.82) is 0 Å². The Balaban J connectivity index is 2.27. The van der Waals surface area contributed by atoms with Crippen LogP contribution >= 0.6 is 11.3 Å². The molecular weight excluding hydrogens is 230 g/mol. The number of hydrogen-bond donors (Lipinski definition) is 2. The van der Waals surface area contributed by atoms with Gasteiger partial charge in [0.2, 0.25) is 5.91 Å². The summed E-state index contributed by atoms with van der Waals surface area (Å²) in [5.74, 6) is -0.0243. The fourth-order valence-electron chi connectivity index (χ4n) is 1.11. The van der Waals surface area contributed by atoms with Gasteiger partial charge in [-0.1, -0.05) is 11.3 Å². The fourth-order valence-corrected chi connectivity index (χ4v) is 1.84. The normalized spacial score (nSPS) is 10.1. The number of carbonyl (C=O) groups excluding carboxylic acids is 1. The van der Waals surface area contributed by atoms with E-state index in [-0.39, 0.29) is 10.9 Å². The van der Waals surface area contributed by atoms with Gasteiger partial charge in [0.25, 0.3) is 0 Å². The highest BCUT2D eigenvalue weighted by Gasteiger charge is 2.08. The first kappa shape index (κ1) is 12.6. The van der Waals surface area contributed by atoms with E-state index in [4.69, 9.17) is 0 Å².